The third-order valence-electron chi connectivity index (χ3n) is 2.03. The summed E-state index contributed by atoms with van der Waals surface area (Å²) in [6, 6.07) is 6.72. The van der Waals surface area contributed by atoms with E-state index in [1.165, 1.54) is 0 Å². The molecule has 0 aliphatic rings. The van der Waals surface area contributed by atoms with Gasteiger partial charge >= 0.3 is 0 Å². The van der Waals surface area contributed by atoms with E-state index in [0.29, 0.717) is 5.56 Å². The van der Waals surface area contributed by atoms with Gasteiger partial charge in [-0.1, -0.05) is 18.2 Å². The van der Waals surface area contributed by atoms with Crippen molar-refractivity contribution < 1.29 is 8.42 Å². The second-order valence-electron chi connectivity index (χ2n) is 3.08. The van der Waals surface area contributed by atoms with Crippen molar-refractivity contribution in [2.45, 2.75) is 17.2 Å². The van der Waals surface area contributed by atoms with Gasteiger partial charge in [-0.25, -0.2) is 8.42 Å². The van der Waals surface area contributed by atoms with E-state index in [2.05, 4.69) is 0 Å². The summed E-state index contributed by atoms with van der Waals surface area (Å²) in [4.78, 5) is 0.262. The molecule has 4 nitrogen and oxygen atoms in total. The molecule has 0 saturated heterocycles. The molecule has 0 bridgehead atoms. The summed E-state index contributed by atoms with van der Waals surface area (Å²) in [6.45, 7) is 1.66. The van der Waals surface area contributed by atoms with E-state index >= 15 is 0 Å². The van der Waals surface area contributed by atoms with Gasteiger partial charge in [0.05, 0.1) is 4.90 Å². The maximum Gasteiger partial charge on any atom is 0.195 e. The molecule has 14 heavy (non-hydrogen) atoms. The van der Waals surface area contributed by atoms with Gasteiger partial charge in [0.25, 0.3) is 0 Å². The van der Waals surface area contributed by atoms with Crippen molar-refractivity contribution in [2.75, 3.05) is 6.54 Å². The molecule has 1 aromatic rings. The first-order valence-corrected chi connectivity index (χ1v) is 5.80. The molecule has 0 aromatic heterocycles. The van der Waals surface area contributed by atoms with E-state index in [0.717, 1.165) is 0 Å². The van der Waals surface area contributed by atoms with Gasteiger partial charge in [-0.3, -0.25) is 0 Å². The Morgan fingerprint density at radius 3 is 2.43 bits per heavy atom. The second-order valence-corrected chi connectivity index (χ2v) is 5.22. The molecular weight excluding hydrogens is 200 g/mol. The van der Waals surface area contributed by atoms with Crippen LogP contribution in [0, 0.1) is 6.92 Å². The summed E-state index contributed by atoms with van der Waals surface area (Å²) < 4.78 is 23.6. The van der Waals surface area contributed by atoms with E-state index < -0.39 is 15.2 Å². The van der Waals surface area contributed by atoms with Crippen molar-refractivity contribution in [3.05, 3.63) is 29.8 Å². The lowest BCUT2D eigenvalue weighted by molar-refractivity contribution is 0.580. The Labute approximate surface area is 83.8 Å². The molecule has 78 valence electrons. The Balaban J connectivity index is 3.24. The highest BCUT2D eigenvalue weighted by Crippen LogP contribution is 2.17. The zero-order valence-corrected chi connectivity index (χ0v) is 8.79. The molecule has 0 fully saturated rings. The van der Waals surface area contributed by atoms with Crippen LogP contribution in [0.5, 0.6) is 0 Å². The first-order valence-electron chi connectivity index (χ1n) is 4.25. The van der Waals surface area contributed by atoms with Crippen molar-refractivity contribution in [3.63, 3.8) is 0 Å². The first-order chi connectivity index (χ1) is 6.50. The van der Waals surface area contributed by atoms with Gasteiger partial charge in [0.2, 0.25) is 0 Å². The Kier molecular flexibility index (Phi) is 3.25. The predicted molar refractivity (Wildman–Crippen MR) is 55.4 cm³/mol. The summed E-state index contributed by atoms with van der Waals surface area (Å²) in [7, 11) is -3.47. The third-order valence-corrected chi connectivity index (χ3v) is 4.09. The van der Waals surface area contributed by atoms with Crippen LogP contribution in [-0.4, -0.2) is 20.3 Å². The van der Waals surface area contributed by atoms with Crippen LogP contribution in [0.25, 0.3) is 0 Å². The maximum atomic E-state index is 11.8. The van der Waals surface area contributed by atoms with Gasteiger partial charge in [0.15, 0.2) is 9.84 Å². The molecule has 0 heterocycles. The van der Waals surface area contributed by atoms with Gasteiger partial charge < -0.3 is 11.5 Å². The topological polar surface area (TPSA) is 86.2 Å². The van der Waals surface area contributed by atoms with Crippen LogP contribution < -0.4 is 11.5 Å². The Bertz CT molecular complexity index is 415. The molecule has 0 saturated carbocycles. The fourth-order valence-electron chi connectivity index (χ4n) is 1.17. The molecule has 1 unspecified atom stereocenters. The molecular formula is C9H14N2O2S. The smallest absolute Gasteiger partial charge is 0.195 e. The average Bonchev–Trinajstić information content (AvgIpc) is 2.17. The lowest BCUT2D eigenvalue weighted by Gasteiger charge is -2.12. The van der Waals surface area contributed by atoms with Gasteiger partial charge in [0.1, 0.15) is 5.37 Å². The zero-order chi connectivity index (χ0) is 10.8. The average molecular weight is 214 g/mol. The molecule has 0 aliphatic carbocycles. The maximum absolute atomic E-state index is 11.8. The van der Waals surface area contributed by atoms with Crippen LogP contribution in [0.4, 0.5) is 0 Å². The number of sulfone groups is 1. The van der Waals surface area contributed by atoms with Crippen molar-refractivity contribution >= 4 is 9.84 Å². The lowest BCUT2D eigenvalue weighted by Crippen LogP contribution is -2.38. The standard InChI is InChI=1S/C9H14N2O2S/c1-7-4-2-3-5-8(7)14(12,13)9(11)6-10/h2-5,9H,6,10-11H2,1H3. The number of aryl methyl sites for hydroxylation is 1. The summed E-state index contributed by atoms with van der Waals surface area (Å²) in [5.74, 6) is 0. The molecule has 0 spiro atoms. The van der Waals surface area contributed by atoms with Gasteiger partial charge in [0, 0.05) is 6.54 Å². The van der Waals surface area contributed by atoms with E-state index in [1.54, 1.807) is 31.2 Å². The molecule has 1 aromatic carbocycles. The van der Waals surface area contributed by atoms with Crippen LogP contribution >= 0.6 is 0 Å². The molecule has 0 radical (unpaired) electrons. The number of nitrogens with two attached hydrogens (primary N) is 2. The zero-order valence-electron chi connectivity index (χ0n) is 7.97. The summed E-state index contributed by atoms with van der Waals surface area (Å²) in [6.07, 6.45) is 0. The highest BCUT2D eigenvalue weighted by molar-refractivity contribution is 7.92. The highest BCUT2D eigenvalue weighted by Gasteiger charge is 2.23. The van der Waals surface area contributed by atoms with Crippen molar-refractivity contribution in [2.24, 2.45) is 11.5 Å². The molecule has 4 N–H and O–H groups in total. The minimum Gasteiger partial charge on any atom is -0.328 e. The van der Waals surface area contributed by atoms with Crippen LogP contribution in [-0.2, 0) is 9.84 Å². The Morgan fingerprint density at radius 2 is 1.93 bits per heavy atom. The van der Waals surface area contributed by atoms with E-state index in [9.17, 15) is 8.42 Å². The number of hydrogen-bond donors (Lipinski definition) is 2. The van der Waals surface area contributed by atoms with Crippen LogP contribution in [0.1, 0.15) is 5.56 Å². The second kappa shape index (κ2) is 4.08. The Morgan fingerprint density at radius 1 is 1.36 bits per heavy atom. The highest BCUT2D eigenvalue weighted by atomic mass is 32.2. The van der Waals surface area contributed by atoms with Crippen LogP contribution in [0.15, 0.2) is 29.2 Å². The minimum absolute atomic E-state index is 0.0728. The van der Waals surface area contributed by atoms with Crippen molar-refractivity contribution in [1.82, 2.24) is 0 Å². The first kappa shape index (κ1) is 11.2. The van der Waals surface area contributed by atoms with Gasteiger partial charge in [-0.15, -0.1) is 0 Å². The number of benzene rings is 1. The molecule has 5 heteroatoms. The molecule has 1 rings (SSSR count). The van der Waals surface area contributed by atoms with Crippen molar-refractivity contribution in [3.8, 4) is 0 Å². The SMILES string of the molecule is Cc1ccccc1S(=O)(=O)C(N)CN. The molecule has 1 atom stereocenters. The fraction of sp³-hybridized carbons (Fsp3) is 0.333. The fourth-order valence-corrected chi connectivity index (χ4v) is 2.53. The van der Waals surface area contributed by atoms with E-state index in [4.69, 9.17) is 11.5 Å². The summed E-state index contributed by atoms with van der Waals surface area (Å²) in [5, 5.41) is -1.02. The minimum atomic E-state index is -3.47. The Hall–Kier alpha value is -0.910. The van der Waals surface area contributed by atoms with Gasteiger partial charge in [-0.2, -0.15) is 0 Å². The molecule has 0 aliphatic heterocycles. The van der Waals surface area contributed by atoms with E-state index in [1.807, 2.05) is 0 Å². The van der Waals surface area contributed by atoms with Crippen LogP contribution in [0.3, 0.4) is 0 Å². The van der Waals surface area contributed by atoms with Crippen LogP contribution in [0.2, 0.25) is 0 Å². The van der Waals surface area contributed by atoms with Crippen molar-refractivity contribution in [1.29, 1.82) is 0 Å². The normalized spacial score (nSPS) is 13.9. The molecule has 0 amide bonds. The monoisotopic (exact) mass is 214 g/mol. The quantitative estimate of drug-likeness (QED) is 0.742. The number of rotatable bonds is 3. The summed E-state index contributed by atoms with van der Waals surface area (Å²) >= 11 is 0. The lowest BCUT2D eigenvalue weighted by atomic mass is 10.2. The third kappa shape index (κ3) is 1.95. The number of hydrogen-bond acceptors (Lipinski definition) is 4. The predicted octanol–water partition coefficient (Wildman–Crippen LogP) is 0.0122. The summed E-state index contributed by atoms with van der Waals surface area (Å²) in [5.41, 5.74) is 11.4. The largest absolute Gasteiger partial charge is 0.328 e. The van der Waals surface area contributed by atoms with E-state index in [-0.39, 0.29) is 11.4 Å². The van der Waals surface area contributed by atoms with Gasteiger partial charge in [-0.05, 0) is 18.6 Å².